The van der Waals surface area contributed by atoms with Crippen molar-refractivity contribution in [2.75, 3.05) is 18.8 Å². The SMILES string of the molecule is Cc1ccc(S(=O)(=O)CCC(=O)NCCNC(=O)C(C)C)cc1. The maximum atomic E-state index is 12.1. The van der Waals surface area contributed by atoms with Crippen LogP contribution < -0.4 is 10.6 Å². The number of rotatable bonds is 8. The molecule has 7 heteroatoms. The van der Waals surface area contributed by atoms with E-state index in [1.54, 1.807) is 38.1 Å². The minimum Gasteiger partial charge on any atom is -0.354 e. The van der Waals surface area contributed by atoms with Gasteiger partial charge in [-0.2, -0.15) is 0 Å². The highest BCUT2D eigenvalue weighted by atomic mass is 32.2. The van der Waals surface area contributed by atoms with E-state index < -0.39 is 9.84 Å². The number of aryl methyl sites for hydroxylation is 1. The molecule has 6 nitrogen and oxygen atoms in total. The first-order valence-corrected chi connectivity index (χ1v) is 9.21. The number of nitrogens with one attached hydrogen (secondary N) is 2. The molecule has 0 heterocycles. The van der Waals surface area contributed by atoms with Gasteiger partial charge in [0.25, 0.3) is 0 Å². The van der Waals surface area contributed by atoms with E-state index in [4.69, 9.17) is 0 Å². The number of hydrogen-bond donors (Lipinski definition) is 2. The van der Waals surface area contributed by atoms with E-state index in [1.165, 1.54) is 0 Å². The fourth-order valence-electron chi connectivity index (χ4n) is 1.77. The molecule has 0 atom stereocenters. The summed E-state index contributed by atoms with van der Waals surface area (Å²) in [4.78, 5) is 23.2. The number of sulfone groups is 1. The summed E-state index contributed by atoms with van der Waals surface area (Å²) in [6.45, 7) is 6.05. The molecule has 0 radical (unpaired) electrons. The van der Waals surface area contributed by atoms with Crippen LogP contribution in [0.2, 0.25) is 0 Å². The lowest BCUT2D eigenvalue weighted by molar-refractivity contribution is -0.124. The average molecular weight is 340 g/mol. The predicted molar refractivity (Wildman–Crippen MR) is 88.7 cm³/mol. The Kier molecular flexibility index (Phi) is 7.22. The molecule has 0 spiro atoms. The Labute approximate surface area is 137 Å². The lowest BCUT2D eigenvalue weighted by atomic mass is 10.2. The van der Waals surface area contributed by atoms with Crippen molar-refractivity contribution < 1.29 is 18.0 Å². The summed E-state index contributed by atoms with van der Waals surface area (Å²) in [6, 6.07) is 6.54. The lowest BCUT2D eigenvalue weighted by Gasteiger charge is -2.09. The fraction of sp³-hybridized carbons (Fsp3) is 0.500. The number of amides is 2. The van der Waals surface area contributed by atoms with Crippen LogP contribution >= 0.6 is 0 Å². The van der Waals surface area contributed by atoms with Crippen LogP contribution in [-0.2, 0) is 19.4 Å². The first kappa shape index (κ1) is 19.2. The smallest absolute Gasteiger partial charge is 0.222 e. The van der Waals surface area contributed by atoms with Crippen molar-refractivity contribution in [1.82, 2.24) is 10.6 Å². The fourth-order valence-corrected chi connectivity index (χ4v) is 3.01. The molecule has 0 saturated heterocycles. The molecule has 0 aliphatic rings. The van der Waals surface area contributed by atoms with Crippen molar-refractivity contribution >= 4 is 21.7 Å². The summed E-state index contributed by atoms with van der Waals surface area (Å²) in [7, 11) is -3.46. The van der Waals surface area contributed by atoms with E-state index in [2.05, 4.69) is 10.6 Å². The molecule has 128 valence electrons. The standard InChI is InChI=1S/C16H24N2O4S/c1-12(2)16(20)18-10-9-17-15(19)8-11-23(21,22)14-6-4-13(3)5-7-14/h4-7,12H,8-11H2,1-3H3,(H,17,19)(H,18,20). The Morgan fingerprint density at radius 2 is 1.61 bits per heavy atom. The first-order valence-electron chi connectivity index (χ1n) is 7.56. The second-order valence-corrected chi connectivity index (χ2v) is 7.79. The molecule has 1 rings (SSSR count). The van der Waals surface area contributed by atoms with Gasteiger partial charge >= 0.3 is 0 Å². The Bertz CT molecular complexity index is 637. The average Bonchev–Trinajstić information content (AvgIpc) is 2.49. The maximum Gasteiger partial charge on any atom is 0.222 e. The molecule has 0 aliphatic carbocycles. The summed E-state index contributed by atoms with van der Waals surface area (Å²) in [6.07, 6.45) is -0.103. The molecule has 0 saturated carbocycles. The van der Waals surface area contributed by atoms with Crippen LogP contribution in [0.15, 0.2) is 29.2 Å². The van der Waals surface area contributed by atoms with E-state index in [-0.39, 0.29) is 41.3 Å². The monoisotopic (exact) mass is 340 g/mol. The quantitative estimate of drug-likeness (QED) is 0.692. The molecule has 0 bridgehead atoms. The highest BCUT2D eigenvalue weighted by molar-refractivity contribution is 7.91. The molecule has 0 fully saturated rings. The summed E-state index contributed by atoms with van der Waals surface area (Å²) < 4.78 is 24.2. The van der Waals surface area contributed by atoms with Crippen LogP contribution in [0.5, 0.6) is 0 Å². The Hall–Kier alpha value is -1.89. The molecule has 0 unspecified atom stereocenters. The highest BCUT2D eigenvalue weighted by Gasteiger charge is 2.16. The minimum atomic E-state index is -3.46. The van der Waals surface area contributed by atoms with E-state index in [9.17, 15) is 18.0 Å². The zero-order valence-corrected chi connectivity index (χ0v) is 14.6. The van der Waals surface area contributed by atoms with E-state index in [1.807, 2.05) is 6.92 Å². The van der Waals surface area contributed by atoms with Crippen molar-refractivity contribution in [3.8, 4) is 0 Å². The van der Waals surface area contributed by atoms with E-state index in [0.717, 1.165) is 5.56 Å². The van der Waals surface area contributed by atoms with Crippen LogP contribution in [0, 0.1) is 12.8 Å². The van der Waals surface area contributed by atoms with Gasteiger partial charge in [0.1, 0.15) is 0 Å². The second kappa shape index (κ2) is 8.67. The molecule has 0 aromatic heterocycles. The molecule has 1 aromatic carbocycles. The van der Waals surface area contributed by atoms with Gasteiger partial charge in [0.2, 0.25) is 11.8 Å². The van der Waals surface area contributed by atoms with Gasteiger partial charge in [0, 0.05) is 25.4 Å². The van der Waals surface area contributed by atoms with Gasteiger partial charge < -0.3 is 10.6 Å². The predicted octanol–water partition coefficient (Wildman–Crippen LogP) is 1.05. The largest absolute Gasteiger partial charge is 0.354 e. The van der Waals surface area contributed by atoms with Gasteiger partial charge in [0.15, 0.2) is 9.84 Å². The number of hydrogen-bond acceptors (Lipinski definition) is 4. The van der Waals surface area contributed by atoms with E-state index in [0.29, 0.717) is 6.54 Å². The van der Waals surface area contributed by atoms with Gasteiger partial charge in [-0.25, -0.2) is 8.42 Å². The van der Waals surface area contributed by atoms with E-state index >= 15 is 0 Å². The third-order valence-corrected chi connectivity index (χ3v) is 4.98. The third-order valence-electron chi connectivity index (χ3n) is 3.25. The highest BCUT2D eigenvalue weighted by Crippen LogP contribution is 2.12. The molecule has 2 amide bonds. The van der Waals surface area contributed by atoms with Crippen molar-refractivity contribution in [1.29, 1.82) is 0 Å². The minimum absolute atomic E-state index is 0.0822. The van der Waals surface area contributed by atoms with Gasteiger partial charge in [-0.15, -0.1) is 0 Å². The zero-order valence-electron chi connectivity index (χ0n) is 13.8. The third kappa shape index (κ3) is 6.81. The molecular weight excluding hydrogens is 316 g/mol. The Morgan fingerprint density at radius 3 is 2.17 bits per heavy atom. The van der Waals surface area contributed by atoms with Gasteiger partial charge in [0.05, 0.1) is 10.6 Å². The summed E-state index contributed by atoms with van der Waals surface area (Å²) >= 11 is 0. The molecule has 23 heavy (non-hydrogen) atoms. The van der Waals surface area contributed by atoms with Crippen LogP contribution in [0.4, 0.5) is 0 Å². The van der Waals surface area contributed by atoms with Crippen molar-refractivity contribution in [3.05, 3.63) is 29.8 Å². The Balaban J connectivity index is 2.35. The summed E-state index contributed by atoms with van der Waals surface area (Å²) in [5.41, 5.74) is 0.977. The van der Waals surface area contributed by atoms with Gasteiger partial charge in [-0.05, 0) is 19.1 Å². The normalized spacial score (nSPS) is 11.3. The maximum absolute atomic E-state index is 12.1. The zero-order chi connectivity index (χ0) is 17.5. The molecule has 0 aliphatic heterocycles. The molecular formula is C16H24N2O4S. The van der Waals surface area contributed by atoms with Crippen LogP contribution in [0.1, 0.15) is 25.8 Å². The number of carbonyl (C=O) groups is 2. The molecule has 1 aromatic rings. The lowest BCUT2D eigenvalue weighted by Crippen LogP contribution is -2.36. The van der Waals surface area contributed by atoms with Crippen LogP contribution in [0.3, 0.4) is 0 Å². The second-order valence-electron chi connectivity index (χ2n) is 5.68. The molecule has 2 N–H and O–H groups in total. The topological polar surface area (TPSA) is 92.3 Å². The Morgan fingerprint density at radius 1 is 1.04 bits per heavy atom. The summed E-state index contributed by atoms with van der Waals surface area (Å²) in [5.74, 6) is -0.772. The van der Waals surface area contributed by atoms with Crippen molar-refractivity contribution in [3.63, 3.8) is 0 Å². The number of benzene rings is 1. The van der Waals surface area contributed by atoms with Crippen LogP contribution in [0.25, 0.3) is 0 Å². The first-order chi connectivity index (χ1) is 10.7. The van der Waals surface area contributed by atoms with Gasteiger partial charge in [-0.1, -0.05) is 31.5 Å². The number of carbonyl (C=O) groups excluding carboxylic acids is 2. The van der Waals surface area contributed by atoms with Crippen molar-refractivity contribution in [2.24, 2.45) is 5.92 Å². The van der Waals surface area contributed by atoms with Crippen molar-refractivity contribution in [2.45, 2.75) is 32.1 Å². The van der Waals surface area contributed by atoms with Gasteiger partial charge in [-0.3, -0.25) is 9.59 Å². The summed E-state index contributed by atoms with van der Waals surface area (Å²) in [5, 5.41) is 5.26. The van der Waals surface area contributed by atoms with Crippen LogP contribution in [-0.4, -0.2) is 39.1 Å².